The van der Waals surface area contributed by atoms with Gasteiger partial charge in [0, 0.05) is 24.8 Å². The first-order valence-electron chi connectivity index (χ1n) is 11.2. The van der Waals surface area contributed by atoms with Crippen LogP contribution in [0.2, 0.25) is 0 Å². The molecule has 0 aliphatic rings. The first-order chi connectivity index (χ1) is 16.5. The van der Waals surface area contributed by atoms with E-state index in [-0.39, 0.29) is 6.42 Å². The summed E-state index contributed by atoms with van der Waals surface area (Å²) >= 11 is 0. The van der Waals surface area contributed by atoms with Crippen molar-refractivity contribution in [1.29, 1.82) is 0 Å². The van der Waals surface area contributed by atoms with E-state index in [1.165, 1.54) is 4.68 Å². The molecule has 0 aliphatic heterocycles. The van der Waals surface area contributed by atoms with Crippen molar-refractivity contribution in [3.8, 4) is 34.9 Å². The number of unbranched alkanes of at least 4 members (excludes halogenated alkanes) is 1. The molecule has 0 saturated heterocycles. The highest BCUT2D eigenvalue weighted by Crippen LogP contribution is 2.32. The second-order valence-electron chi connectivity index (χ2n) is 7.99. The van der Waals surface area contributed by atoms with Crippen LogP contribution in [0.3, 0.4) is 0 Å². The molecule has 0 radical (unpaired) electrons. The van der Waals surface area contributed by atoms with Crippen LogP contribution in [0.1, 0.15) is 49.8 Å². The van der Waals surface area contributed by atoms with Crippen molar-refractivity contribution in [1.82, 2.24) is 35.4 Å². The highest BCUT2D eigenvalue weighted by atomic mass is 19.3. The maximum absolute atomic E-state index is 14.6. The zero-order chi connectivity index (χ0) is 24.0. The minimum absolute atomic E-state index is 0.267. The minimum Gasteiger partial charge on any atom is -0.248 e. The van der Waals surface area contributed by atoms with Crippen molar-refractivity contribution in [2.24, 2.45) is 0 Å². The van der Waals surface area contributed by atoms with E-state index in [4.69, 9.17) is 6.42 Å². The molecule has 7 nitrogen and oxygen atoms in total. The normalized spacial score (nSPS) is 11.5. The van der Waals surface area contributed by atoms with Gasteiger partial charge in [-0.15, -0.1) is 27.6 Å². The fourth-order valence-corrected chi connectivity index (χ4v) is 3.71. The van der Waals surface area contributed by atoms with Crippen molar-refractivity contribution >= 4 is 0 Å². The third-order valence-electron chi connectivity index (χ3n) is 5.53. The number of rotatable bonds is 10. The van der Waals surface area contributed by atoms with Gasteiger partial charge in [0.05, 0.1) is 6.54 Å². The largest absolute Gasteiger partial charge is 0.308 e. The maximum atomic E-state index is 14.6. The van der Waals surface area contributed by atoms with Crippen LogP contribution in [0.5, 0.6) is 0 Å². The van der Waals surface area contributed by atoms with Crippen molar-refractivity contribution in [3.63, 3.8) is 0 Å². The van der Waals surface area contributed by atoms with Crippen molar-refractivity contribution in [2.75, 3.05) is 0 Å². The zero-order valence-electron chi connectivity index (χ0n) is 18.9. The number of nitrogens with zero attached hydrogens (tertiary/aromatic N) is 6. The van der Waals surface area contributed by atoms with Crippen molar-refractivity contribution in [3.05, 3.63) is 65.7 Å². The number of tetrazole rings is 1. The lowest BCUT2D eigenvalue weighted by molar-refractivity contribution is -0.0246. The molecule has 4 aromatic rings. The lowest BCUT2D eigenvalue weighted by atomic mass is 9.98. The van der Waals surface area contributed by atoms with E-state index in [2.05, 4.69) is 36.6 Å². The molecule has 34 heavy (non-hydrogen) atoms. The molecule has 2 heterocycles. The molecule has 0 aliphatic carbocycles. The predicted molar refractivity (Wildman–Crippen MR) is 125 cm³/mol. The van der Waals surface area contributed by atoms with Gasteiger partial charge in [-0.1, -0.05) is 61.9 Å². The van der Waals surface area contributed by atoms with Crippen molar-refractivity contribution < 1.29 is 8.78 Å². The van der Waals surface area contributed by atoms with Gasteiger partial charge in [0.25, 0.3) is 0 Å². The van der Waals surface area contributed by atoms with Crippen LogP contribution >= 0.6 is 0 Å². The number of hydrogen-bond donors (Lipinski definition) is 1. The number of nitrogens with one attached hydrogen (secondary N) is 1. The molecule has 0 unspecified atom stereocenters. The third kappa shape index (κ3) is 5.17. The maximum Gasteiger partial charge on any atom is 0.308 e. The molecule has 2 aromatic heterocycles. The van der Waals surface area contributed by atoms with Gasteiger partial charge in [-0.25, -0.2) is 9.67 Å². The second-order valence-corrected chi connectivity index (χ2v) is 7.99. The van der Waals surface area contributed by atoms with Crippen LogP contribution in [-0.4, -0.2) is 35.4 Å². The average Bonchev–Trinajstić information content (AvgIpc) is 3.53. The number of hydrogen-bond acceptors (Lipinski definition) is 5. The lowest BCUT2D eigenvalue weighted by Crippen LogP contribution is -2.16. The van der Waals surface area contributed by atoms with Crippen LogP contribution in [0.25, 0.3) is 22.5 Å². The van der Waals surface area contributed by atoms with Crippen LogP contribution in [0.4, 0.5) is 8.78 Å². The van der Waals surface area contributed by atoms with Gasteiger partial charge in [0.1, 0.15) is 5.82 Å². The van der Waals surface area contributed by atoms with Gasteiger partial charge in [-0.2, -0.15) is 14.0 Å². The summed E-state index contributed by atoms with van der Waals surface area (Å²) in [5, 5.41) is 18.4. The number of benzene rings is 2. The van der Waals surface area contributed by atoms with Crippen LogP contribution in [0.15, 0.2) is 48.5 Å². The topological polar surface area (TPSA) is 85.2 Å². The molecule has 0 atom stereocenters. The summed E-state index contributed by atoms with van der Waals surface area (Å²) in [5.41, 5.74) is 3.73. The number of aromatic amines is 1. The average molecular weight is 462 g/mol. The van der Waals surface area contributed by atoms with Gasteiger partial charge < -0.3 is 0 Å². The second kappa shape index (κ2) is 10.3. The number of alkyl halides is 2. The number of terminal acetylenes is 1. The van der Waals surface area contributed by atoms with Crippen molar-refractivity contribution in [2.45, 2.75) is 51.5 Å². The monoisotopic (exact) mass is 461 g/mol. The van der Waals surface area contributed by atoms with Gasteiger partial charge in [-0.05, 0) is 28.3 Å². The number of aromatic nitrogens is 7. The van der Waals surface area contributed by atoms with E-state index in [1.54, 1.807) is 0 Å². The van der Waals surface area contributed by atoms with Gasteiger partial charge in [-0.3, -0.25) is 0 Å². The first kappa shape index (κ1) is 23.2. The molecular weight excluding hydrogens is 436 g/mol. The van der Waals surface area contributed by atoms with Crippen LogP contribution in [-0.2, 0) is 18.9 Å². The molecule has 1 N–H and O–H groups in total. The van der Waals surface area contributed by atoms with E-state index in [0.29, 0.717) is 43.9 Å². The molecule has 0 fully saturated rings. The lowest BCUT2D eigenvalue weighted by Gasteiger charge is -2.11. The number of halogens is 2. The summed E-state index contributed by atoms with van der Waals surface area (Å²) in [6, 6.07) is 15.7. The Morgan fingerprint density at radius 3 is 2.53 bits per heavy atom. The highest BCUT2D eigenvalue weighted by molar-refractivity contribution is 5.80. The van der Waals surface area contributed by atoms with E-state index in [9.17, 15) is 8.78 Å². The molecule has 0 saturated carbocycles. The molecule has 2 aromatic carbocycles. The number of aryl methyl sites for hydroxylation is 1. The van der Waals surface area contributed by atoms with Gasteiger partial charge in [0.15, 0.2) is 0 Å². The predicted octanol–water partition coefficient (Wildman–Crippen LogP) is 5.02. The highest BCUT2D eigenvalue weighted by Gasteiger charge is 2.36. The molecule has 9 heteroatoms. The Labute approximate surface area is 196 Å². The number of H-pyrrole nitrogens is 1. The summed E-state index contributed by atoms with van der Waals surface area (Å²) in [5.74, 6) is 0.0319. The summed E-state index contributed by atoms with van der Waals surface area (Å²) in [6.45, 7) is 2.23. The standard InChI is InChI=1S/C25H25F2N7/c1-3-5-15-25(26,27)24-28-22(34(31-24)16-6-4-2)17-18-11-13-19(14-12-18)20-9-7-8-10-21(20)23-29-32-33-30-23/h2,7-14H,3,5-6,15-17H2,1H3,(H,29,30,32,33). The van der Waals surface area contributed by atoms with Gasteiger partial charge >= 0.3 is 5.92 Å². The summed E-state index contributed by atoms with van der Waals surface area (Å²) in [7, 11) is 0. The Hall–Kier alpha value is -3.93. The first-order valence-corrected chi connectivity index (χ1v) is 11.2. The third-order valence-corrected chi connectivity index (χ3v) is 5.53. The van der Waals surface area contributed by atoms with E-state index >= 15 is 0 Å². The Balaban J connectivity index is 1.59. The molecule has 0 bridgehead atoms. The SMILES string of the molecule is C#CCCn1nc(C(F)(F)CCCC)nc1Cc1ccc(-c2ccccc2-c2nn[nH]n2)cc1. The Bertz CT molecular complexity index is 1260. The zero-order valence-corrected chi connectivity index (χ0v) is 18.9. The Morgan fingerprint density at radius 1 is 1.09 bits per heavy atom. The Kier molecular flexibility index (Phi) is 7.07. The Morgan fingerprint density at radius 2 is 1.85 bits per heavy atom. The van der Waals surface area contributed by atoms with E-state index < -0.39 is 11.7 Å². The summed E-state index contributed by atoms with van der Waals surface area (Å²) in [6.07, 6.45) is 6.97. The molecule has 4 rings (SSSR count). The quantitative estimate of drug-likeness (QED) is 0.335. The van der Waals surface area contributed by atoms with E-state index in [1.807, 2.05) is 55.5 Å². The summed E-state index contributed by atoms with van der Waals surface area (Å²) < 4.78 is 30.7. The molecule has 174 valence electrons. The summed E-state index contributed by atoms with van der Waals surface area (Å²) in [4.78, 5) is 4.22. The molecular formula is C25H25F2N7. The van der Waals surface area contributed by atoms with Crippen LogP contribution in [0, 0.1) is 12.3 Å². The minimum atomic E-state index is -3.06. The molecule has 0 amide bonds. The van der Waals surface area contributed by atoms with Gasteiger partial charge in [0.2, 0.25) is 11.6 Å². The smallest absolute Gasteiger partial charge is 0.248 e. The molecule has 0 spiro atoms. The fourth-order valence-electron chi connectivity index (χ4n) is 3.71. The van der Waals surface area contributed by atoms with Crippen LogP contribution < -0.4 is 0 Å². The van der Waals surface area contributed by atoms with E-state index in [0.717, 1.165) is 22.3 Å². The fraction of sp³-hybridized carbons (Fsp3) is 0.320.